The Hall–Kier alpha value is -0.200. The van der Waals surface area contributed by atoms with Crippen molar-refractivity contribution >= 4 is 0 Å². The van der Waals surface area contributed by atoms with Crippen molar-refractivity contribution in [3.8, 4) is 0 Å². The van der Waals surface area contributed by atoms with Crippen LogP contribution in [0.3, 0.4) is 0 Å². The summed E-state index contributed by atoms with van der Waals surface area (Å²) in [5.41, 5.74) is 0. The summed E-state index contributed by atoms with van der Waals surface area (Å²) in [7, 11) is 0. The van der Waals surface area contributed by atoms with E-state index in [1.807, 2.05) is 20.8 Å². The lowest BCUT2D eigenvalue weighted by atomic mass is 9.92. The van der Waals surface area contributed by atoms with Gasteiger partial charge in [0.25, 0.3) is 0 Å². The minimum Gasteiger partial charge on any atom is -0.394 e. The summed E-state index contributed by atoms with van der Waals surface area (Å²) in [5, 5.41) is 36.0. The van der Waals surface area contributed by atoms with Crippen LogP contribution in [-0.4, -0.2) is 52.1 Å². The third kappa shape index (κ3) is 4.90. The Morgan fingerprint density at radius 2 is 1.53 bits per heavy atom. The third-order valence-electron chi connectivity index (χ3n) is 2.65. The number of ether oxygens (including phenoxy) is 1. The topological polar surface area (TPSA) is 90.2 Å². The van der Waals surface area contributed by atoms with E-state index in [4.69, 9.17) is 20.1 Å². The summed E-state index contributed by atoms with van der Waals surface area (Å²) < 4.78 is 5.07. The number of aliphatic hydroxyl groups excluding tert-OH is 4. The molecule has 0 heterocycles. The van der Waals surface area contributed by atoms with Crippen LogP contribution in [0.15, 0.2) is 0 Å². The molecule has 0 saturated carbocycles. The first-order chi connectivity index (χ1) is 6.93. The number of hydrogen-bond donors (Lipinski definition) is 4. The molecule has 0 aliphatic rings. The Labute approximate surface area is 90.3 Å². The van der Waals surface area contributed by atoms with E-state index in [1.54, 1.807) is 0 Å². The summed E-state index contributed by atoms with van der Waals surface area (Å²) >= 11 is 0. The zero-order valence-corrected chi connectivity index (χ0v) is 9.50. The van der Waals surface area contributed by atoms with Gasteiger partial charge in [0.05, 0.1) is 19.3 Å². The van der Waals surface area contributed by atoms with Crippen LogP contribution in [0.5, 0.6) is 0 Å². The van der Waals surface area contributed by atoms with Crippen molar-refractivity contribution in [1.29, 1.82) is 0 Å². The zero-order valence-electron chi connectivity index (χ0n) is 9.50. The molecular formula is C10H22O5. The van der Waals surface area contributed by atoms with Crippen LogP contribution < -0.4 is 0 Å². The van der Waals surface area contributed by atoms with E-state index < -0.39 is 25.1 Å². The molecule has 0 aromatic rings. The van der Waals surface area contributed by atoms with E-state index in [0.717, 1.165) is 0 Å². The predicted molar refractivity (Wildman–Crippen MR) is 55.1 cm³/mol. The molecule has 0 bridgehead atoms. The first kappa shape index (κ1) is 14.8. The van der Waals surface area contributed by atoms with E-state index >= 15 is 0 Å². The first-order valence-corrected chi connectivity index (χ1v) is 5.17. The van der Waals surface area contributed by atoms with Crippen molar-refractivity contribution in [2.24, 2.45) is 11.8 Å². The molecule has 15 heavy (non-hydrogen) atoms. The van der Waals surface area contributed by atoms with Gasteiger partial charge in [-0.3, -0.25) is 0 Å². The lowest BCUT2D eigenvalue weighted by Crippen LogP contribution is -2.39. The maximum absolute atomic E-state index is 9.31. The summed E-state index contributed by atoms with van der Waals surface area (Å²) in [5.74, 6) is 0.344. The second kappa shape index (κ2) is 7.14. The van der Waals surface area contributed by atoms with Gasteiger partial charge in [-0.2, -0.15) is 0 Å². The van der Waals surface area contributed by atoms with E-state index in [0.29, 0.717) is 5.92 Å². The van der Waals surface area contributed by atoms with Crippen molar-refractivity contribution in [2.75, 3.05) is 13.2 Å². The summed E-state index contributed by atoms with van der Waals surface area (Å²) in [6, 6.07) is 0. The largest absolute Gasteiger partial charge is 0.394 e. The highest BCUT2D eigenvalue weighted by molar-refractivity contribution is 4.70. The summed E-state index contributed by atoms with van der Waals surface area (Å²) in [6.45, 7) is 5.05. The molecule has 0 spiro atoms. The molecule has 0 radical (unpaired) electrons. The fourth-order valence-electron chi connectivity index (χ4n) is 1.12. The molecule has 0 aromatic heterocycles. The maximum atomic E-state index is 9.31. The Morgan fingerprint density at radius 1 is 1.00 bits per heavy atom. The third-order valence-corrected chi connectivity index (χ3v) is 2.65. The molecule has 5 heteroatoms. The maximum Gasteiger partial charge on any atom is 0.183 e. The molecule has 0 saturated heterocycles. The van der Waals surface area contributed by atoms with Gasteiger partial charge < -0.3 is 25.2 Å². The van der Waals surface area contributed by atoms with Crippen molar-refractivity contribution in [2.45, 2.75) is 39.3 Å². The van der Waals surface area contributed by atoms with Crippen molar-refractivity contribution in [3.05, 3.63) is 0 Å². The zero-order chi connectivity index (χ0) is 12.0. The Morgan fingerprint density at radius 3 is 1.87 bits per heavy atom. The number of rotatable bonds is 7. The molecule has 4 atom stereocenters. The van der Waals surface area contributed by atoms with Crippen LogP contribution in [-0.2, 0) is 4.74 Å². The first-order valence-electron chi connectivity index (χ1n) is 5.17. The van der Waals surface area contributed by atoms with E-state index in [-0.39, 0.29) is 12.5 Å². The van der Waals surface area contributed by atoms with Crippen molar-refractivity contribution < 1.29 is 25.2 Å². The van der Waals surface area contributed by atoms with Crippen LogP contribution in [0.25, 0.3) is 0 Å². The normalized spacial score (nSPS) is 20.0. The molecule has 92 valence electrons. The molecule has 0 rings (SSSR count). The monoisotopic (exact) mass is 222 g/mol. The Kier molecular flexibility index (Phi) is 7.04. The molecular weight excluding hydrogens is 200 g/mol. The summed E-state index contributed by atoms with van der Waals surface area (Å²) in [4.78, 5) is 0. The number of hydrogen-bond acceptors (Lipinski definition) is 5. The average Bonchev–Trinajstić information content (AvgIpc) is 2.22. The van der Waals surface area contributed by atoms with Gasteiger partial charge in [-0.1, -0.05) is 20.8 Å². The van der Waals surface area contributed by atoms with Gasteiger partial charge in [0.1, 0.15) is 6.10 Å². The molecule has 0 amide bonds. The standard InChI is InChI=1S/C10H22O5/c1-6(2)7(3)9(5-12)15-10(14)8(13)4-11/h6-14H,4-5H2,1-3H3/t7-,8+,9?,10?/m1/s1. The second-order valence-electron chi connectivity index (χ2n) is 4.10. The van der Waals surface area contributed by atoms with Crippen LogP contribution >= 0.6 is 0 Å². The Balaban J connectivity index is 4.20. The fraction of sp³-hybridized carbons (Fsp3) is 1.00. The molecule has 2 unspecified atom stereocenters. The molecule has 0 aliphatic heterocycles. The Bertz CT molecular complexity index is 162. The van der Waals surface area contributed by atoms with Gasteiger partial charge in [-0.25, -0.2) is 0 Å². The smallest absolute Gasteiger partial charge is 0.183 e. The van der Waals surface area contributed by atoms with Gasteiger partial charge >= 0.3 is 0 Å². The lowest BCUT2D eigenvalue weighted by molar-refractivity contribution is -0.213. The van der Waals surface area contributed by atoms with E-state index in [1.165, 1.54) is 0 Å². The highest BCUT2D eigenvalue weighted by Gasteiger charge is 2.26. The van der Waals surface area contributed by atoms with Crippen LogP contribution in [0, 0.1) is 11.8 Å². The van der Waals surface area contributed by atoms with Crippen molar-refractivity contribution in [3.63, 3.8) is 0 Å². The van der Waals surface area contributed by atoms with Gasteiger partial charge in [-0.05, 0) is 11.8 Å². The van der Waals surface area contributed by atoms with E-state index in [2.05, 4.69) is 0 Å². The van der Waals surface area contributed by atoms with Gasteiger partial charge in [0.15, 0.2) is 6.29 Å². The van der Waals surface area contributed by atoms with Crippen LogP contribution in [0.2, 0.25) is 0 Å². The minimum absolute atomic E-state index is 0.0514. The fourth-order valence-corrected chi connectivity index (χ4v) is 1.12. The van der Waals surface area contributed by atoms with Crippen molar-refractivity contribution in [1.82, 2.24) is 0 Å². The van der Waals surface area contributed by atoms with E-state index in [9.17, 15) is 5.11 Å². The van der Waals surface area contributed by atoms with Gasteiger partial charge in [0.2, 0.25) is 0 Å². The highest BCUT2D eigenvalue weighted by atomic mass is 16.6. The van der Waals surface area contributed by atoms with Crippen LogP contribution in [0.1, 0.15) is 20.8 Å². The SMILES string of the molecule is CC(C)[C@@H](C)C(CO)OC(O)[C@@H](O)CO. The quantitative estimate of drug-likeness (QED) is 0.429. The molecule has 4 N–H and O–H groups in total. The van der Waals surface area contributed by atoms with Gasteiger partial charge in [-0.15, -0.1) is 0 Å². The second-order valence-corrected chi connectivity index (χ2v) is 4.10. The molecule has 0 aromatic carbocycles. The molecule has 0 aliphatic carbocycles. The lowest BCUT2D eigenvalue weighted by Gasteiger charge is -2.28. The molecule has 5 nitrogen and oxygen atoms in total. The minimum atomic E-state index is -1.46. The average molecular weight is 222 g/mol. The van der Waals surface area contributed by atoms with Crippen LogP contribution in [0.4, 0.5) is 0 Å². The molecule has 0 fully saturated rings. The number of aliphatic hydroxyl groups is 4. The van der Waals surface area contributed by atoms with Gasteiger partial charge in [0, 0.05) is 0 Å². The highest BCUT2D eigenvalue weighted by Crippen LogP contribution is 2.18. The predicted octanol–water partition coefficient (Wildman–Crippen LogP) is -0.672. The summed E-state index contributed by atoms with van der Waals surface area (Å²) in [6.07, 6.45) is -3.34.